The van der Waals surface area contributed by atoms with E-state index in [2.05, 4.69) is 19.1 Å². The number of hydrogen-bond donors (Lipinski definition) is 0. The summed E-state index contributed by atoms with van der Waals surface area (Å²) >= 11 is 0. The van der Waals surface area contributed by atoms with Gasteiger partial charge in [-0.1, -0.05) is 19.1 Å². The molecule has 3 nitrogen and oxygen atoms in total. The Hall–Kier alpha value is -1.51. The topological polar surface area (TPSA) is 35.5 Å². The number of ether oxygens (including phenoxy) is 2. The van der Waals surface area contributed by atoms with Crippen molar-refractivity contribution >= 4 is 5.97 Å². The Morgan fingerprint density at radius 3 is 2.79 bits per heavy atom. The summed E-state index contributed by atoms with van der Waals surface area (Å²) < 4.78 is 10.2. The molecular weight excluding hydrogens is 240 g/mol. The second-order valence-electron chi connectivity index (χ2n) is 5.16. The van der Waals surface area contributed by atoms with Crippen molar-refractivity contribution in [3.05, 3.63) is 29.3 Å². The lowest BCUT2D eigenvalue weighted by molar-refractivity contribution is -0.142. The molecule has 1 saturated carbocycles. The zero-order valence-electron chi connectivity index (χ0n) is 11.9. The summed E-state index contributed by atoms with van der Waals surface area (Å²) in [5.41, 5.74) is 2.58. The molecule has 0 saturated heterocycles. The molecule has 0 aliphatic heterocycles. The molecule has 1 aliphatic carbocycles. The lowest BCUT2D eigenvalue weighted by Crippen LogP contribution is -2.05. The first kappa shape index (κ1) is 13.9. The van der Waals surface area contributed by atoms with Crippen LogP contribution in [0.2, 0.25) is 0 Å². The molecule has 2 atom stereocenters. The molecular formula is C16H22O3. The summed E-state index contributed by atoms with van der Waals surface area (Å²) in [7, 11) is 3.17. The smallest absolute Gasteiger partial charge is 0.308 e. The molecule has 0 spiro atoms. The summed E-state index contributed by atoms with van der Waals surface area (Å²) in [6, 6.07) is 6.37. The number of hydrogen-bond acceptors (Lipinski definition) is 3. The van der Waals surface area contributed by atoms with Crippen LogP contribution in [-0.2, 0) is 22.4 Å². The zero-order valence-corrected chi connectivity index (χ0v) is 11.9. The van der Waals surface area contributed by atoms with Gasteiger partial charge in [0.25, 0.3) is 0 Å². The van der Waals surface area contributed by atoms with Gasteiger partial charge in [0.2, 0.25) is 0 Å². The lowest BCUT2D eigenvalue weighted by Gasteiger charge is -2.10. The molecule has 0 amide bonds. The lowest BCUT2D eigenvalue weighted by atomic mass is 10.0. The number of methoxy groups -OCH3 is 2. The van der Waals surface area contributed by atoms with Gasteiger partial charge in [0.05, 0.1) is 20.1 Å². The molecule has 0 heterocycles. The standard InChI is InChI=1S/C16H22O3/c1-4-11-5-8-15(18-2)13(9-11)7-6-12-10-14(12)16(17)19-3/h5,8-9,12,14H,4,6-7,10H2,1-3H3. The predicted octanol–water partition coefficient (Wildman–Crippen LogP) is 3.00. The van der Waals surface area contributed by atoms with Gasteiger partial charge in [-0.3, -0.25) is 4.79 Å². The van der Waals surface area contributed by atoms with Crippen LogP contribution in [0.5, 0.6) is 5.75 Å². The largest absolute Gasteiger partial charge is 0.496 e. The summed E-state index contributed by atoms with van der Waals surface area (Å²) in [5.74, 6) is 1.51. The normalized spacial score (nSPS) is 21.0. The quantitative estimate of drug-likeness (QED) is 0.739. The highest BCUT2D eigenvalue weighted by Crippen LogP contribution is 2.43. The highest BCUT2D eigenvalue weighted by atomic mass is 16.5. The third kappa shape index (κ3) is 3.28. The average Bonchev–Trinajstić information content (AvgIpc) is 3.23. The number of carbonyl (C=O) groups is 1. The van der Waals surface area contributed by atoms with Crippen LogP contribution in [0.4, 0.5) is 0 Å². The second kappa shape index (κ2) is 6.09. The summed E-state index contributed by atoms with van der Waals surface area (Å²) in [6.45, 7) is 2.15. The van der Waals surface area contributed by atoms with E-state index >= 15 is 0 Å². The molecule has 0 aromatic heterocycles. The Balaban J connectivity index is 1.94. The fraction of sp³-hybridized carbons (Fsp3) is 0.562. The van der Waals surface area contributed by atoms with E-state index in [-0.39, 0.29) is 11.9 Å². The van der Waals surface area contributed by atoms with Gasteiger partial charge in [-0.05, 0) is 48.8 Å². The maximum absolute atomic E-state index is 11.4. The van der Waals surface area contributed by atoms with Crippen molar-refractivity contribution in [2.75, 3.05) is 14.2 Å². The monoisotopic (exact) mass is 262 g/mol. The minimum absolute atomic E-state index is 0.0562. The molecule has 1 aromatic carbocycles. The number of carbonyl (C=O) groups excluding carboxylic acids is 1. The fourth-order valence-electron chi connectivity index (χ4n) is 2.59. The molecule has 3 heteroatoms. The summed E-state index contributed by atoms with van der Waals surface area (Å²) in [5, 5.41) is 0. The van der Waals surface area contributed by atoms with Crippen molar-refractivity contribution in [2.24, 2.45) is 11.8 Å². The van der Waals surface area contributed by atoms with Crippen LogP contribution in [0.3, 0.4) is 0 Å². The molecule has 2 rings (SSSR count). The van der Waals surface area contributed by atoms with Crippen LogP contribution in [0.25, 0.3) is 0 Å². The Labute approximate surface area is 114 Å². The average molecular weight is 262 g/mol. The van der Waals surface area contributed by atoms with E-state index in [0.717, 1.165) is 31.4 Å². The van der Waals surface area contributed by atoms with Crippen LogP contribution >= 0.6 is 0 Å². The van der Waals surface area contributed by atoms with Gasteiger partial charge in [-0.2, -0.15) is 0 Å². The van der Waals surface area contributed by atoms with Crippen LogP contribution < -0.4 is 4.74 Å². The SMILES string of the molecule is CCc1ccc(OC)c(CCC2CC2C(=O)OC)c1. The van der Waals surface area contributed by atoms with Gasteiger partial charge < -0.3 is 9.47 Å². The summed E-state index contributed by atoms with van der Waals surface area (Å²) in [4.78, 5) is 11.4. The van der Waals surface area contributed by atoms with Gasteiger partial charge in [-0.15, -0.1) is 0 Å². The highest BCUT2D eigenvalue weighted by molar-refractivity contribution is 5.75. The van der Waals surface area contributed by atoms with E-state index < -0.39 is 0 Å². The van der Waals surface area contributed by atoms with Crippen molar-refractivity contribution in [1.29, 1.82) is 0 Å². The molecule has 19 heavy (non-hydrogen) atoms. The van der Waals surface area contributed by atoms with E-state index in [9.17, 15) is 4.79 Å². The Kier molecular flexibility index (Phi) is 4.46. The number of aryl methyl sites for hydroxylation is 2. The first-order valence-electron chi connectivity index (χ1n) is 6.93. The van der Waals surface area contributed by atoms with E-state index in [0.29, 0.717) is 5.92 Å². The first-order valence-corrected chi connectivity index (χ1v) is 6.93. The second-order valence-corrected chi connectivity index (χ2v) is 5.16. The van der Waals surface area contributed by atoms with Crippen molar-refractivity contribution in [3.63, 3.8) is 0 Å². The molecule has 1 aliphatic rings. The van der Waals surface area contributed by atoms with Crippen LogP contribution in [-0.4, -0.2) is 20.2 Å². The van der Waals surface area contributed by atoms with E-state index in [1.807, 2.05) is 6.07 Å². The van der Waals surface area contributed by atoms with Crippen molar-refractivity contribution in [1.82, 2.24) is 0 Å². The molecule has 0 radical (unpaired) electrons. The van der Waals surface area contributed by atoms with Gasteiger partial charge in [0, 0.05) is 0 Å². The molecule has 2 unspecified atom stereocenters. The number of benzene rings is 1. The van der Waals surface area contributed by atoms with Crippen LogP contribution in [0.1, 0.15) is 30.9 Å². The third-order valence-corrected chi connectivity index (χ3v) is 3.96. The van der Waals surface area contributed by atoms with Gasteiger partial charge in [0.15, 0.2) is 0 Å². The van der Waals surface area contributed by atoms with Gasteiger partial charge in [0.1, 0.15) is 5.75 Å². The van der Waals surface area contributed by atoms with Crippen molar-refractivity contribution in [3.8, 4) is 5.75 Å². The maximum Gasteiger partial charge on any atom is 0.308 e. The Morgan fingerprint density at radius 1 is 1.37 bits per heavy atom. The Bertz CT molecular complexity index is 453. The minimum Gasteiger partial charge on any atom is -0.496 e. The highest BCUT2D eigenvalue weighted by Gasteiger charge is 2.43. The van der Waals surface area contributed by atoms with Crippen molar-refractivity contribution in [2.45, 2.75) is 32.6 Å². The number of rotatable bonds is 6. The fourth-order valence-corrected chi connectivity index (χ4v) is 2.59. The summed E-state index contributed by atoms with van der Waals surface area (Å²) in [6.07, 6.45) is 4.01. The maximum atomic E-state index is 11.4. The zero-order chi connectivity index (χ0) is 13.8. The van der Waals surface area contributed by atoms with Crippen LogP contribution in [0, 0.1) is 11.8 Å². The molecule has 104 valence electrons. The number of esters is 1. The van der Waals surface area contributed by atoms with E-state index in [1.54, 1.807) is 7.11 Å². The van der Waals surface area contributed by atoms with Crippen molar-refractivity contribution < 1.29 is 14.3 Å². The first-order chi connectivity index (χ1) is 9.19. The minimum atomic E-state index is -0.0562. The van der Waals surface area contributed by atoms with Crippen LogP contribution in [0.15, 0.2) is 18.2 Å². The Morgan fingerprint density at radius 2 is 2.16 bits per heavy atom. The molecule has 0 N–H and O–H groups in total. The third-order valence-electron chi connectivity index (χ3n) is 3.96. The van der Waals surface area contributed by atoms with E-state index in [4.69, 9.17) is 9.47 Å². The molecule has 1 fully saturated rings. The predicted molar refractivity (Wildman–Crippen MR) is 74.3 cm³/mol. The van der Waals surface area contributed by atoms with Gasteiger partial charge >= 0.3 is 5.97 Å². The van der Waals surface area contributed by atoms with Gasteiger partial charge in [-0.25, -0.2) is 0 Å². The van der Waals surface area contributed by atoms with E-state index in [1.165, 1.54) is 18.2 Å². The molecule has 0 bridgehead atoms. The molecule has 1 aromatic rings.